The molecule has 0 aliphatic heterocycles. The van der Waals surface area contributed by atoms with Gasteiger partial charge in [0.15, 0.2) is 0 Å². The van der Waals surface area contributed by atoms with Gasteiger partial charge in [-0.1, -0.05) is 27.9 Å². The van der Waals surface area contributed by atoms with E-state index in [-0.39, 0.29) is 6.04 Å². The summed E-state index contributed by atoms with van der Waals surface area (Å²) in [6.45, 7) is 3.70. The van der Waals surface area contributed by atoms with Crippen LogP contribution >= 0.6 is 15.9 Å². The van der Waals surface area contributed by atoms with Crippen LogP contribution in [0.3, 0.4) is 0 Å². The molecule has 1 atom stereocenters. The summed E-state index contributed by atoms with van der Waals surface area (Å²) < 4.78 is 1.07. The molecule has 1 fully saturated rings. The second-order valence-electron chi connectivity index (χ2n) is 5.02. The van der Waals surface area contributed by atoms with Crippen molar-refractivity contribution in [1.82, 2.24) is 0 Å². The van der Waals surface area contributed by atoms with Crippen LogP contribution in [0.2, 0.25) is 0 Å². The molecule has 2 N–H and O–H groups in total. The zero-order valence-electron chi connectivity index (χ0n) is 10.7. The fourth-order valence-corrected chi connectivity index (χ4v) is 2.50. The SMILES string of the molecule is C#CCN(CC1CC1)c1cc(Br)ccc1C(C)N. The van der Waals surface area contributed by atoms with E-state index in [9.17, 15) is 0 Å². The van der Waals surface area contributed by atoms with E-state index >= 15 is 0 Å². The van der Waals surface area contributed by atoms with Crippen LogP contribution in [0, 0.1) is 18.3 Å². The van der Waals surface area contributed by atoms with Crippen molar-refractivity contribution in [2.75, 3.05) is 18.0 Å². The molecule has 1 aromatic carbocycles. The van der Waals surface area contributed by atoms with Crippen molar-refractivity contribution in [2.45, 2.75) is 25.8 Å². The highest BCUT2D eigenvalue weighted by Gasteiger charge is 2.25. The summed E-state index contributed by atoms with van der Waals surface area (Å²) in [6.07, 6.45) is 8.14. The summed E-state index contributed by atoms with van der Waals surface area (Å²) in [5.74, 6) is 3.56. The monoisotopic (exact) mass is 306 g/mol. The standard InChI is InChI=1S/C15H19BrN2/c1-3-8-18(10-12-4-5-12)15-9-13(16)6-7-14(15)11(2)17/h1,6-7,9,11-12H,4-5,8,10,17H2,2H3. The number of nitrogens with two attached hydrogens (primary N) is 1. The molecule has 1 aliphatic rings. The predicted molar refractivity (Wildman–Crippen MR) is 80.5 cm³/mol. The molecule has 2 rings (SSSR count). The first kappa shape index (κ1) is 13.5. The molecule has 1 unspecified atom stereocenters. The van der Waals surface area contributed by atoms with Crippen LogP contribution in [0.5, 0.6) is 0 Å². The van der Waals surface area contributed by atoms with Crippen molar-refractivity contribution in [3.05, 3.63) is 28.2 Å². The average Bonchev–Trinajstić information content (AvgIpc) is 3.12. The van der Waals surface area contributed by atoms with Gasteiger partial charge in [-0.15, -0.1) is 6.42 Å². The summed E-state index contributed by atoms with van der Waals surface area (Å²) in [5, 5.41) is 0. The van der Waals surface area contributed by atoms with E-state index in [0.717, 1.165) is 22.5 Å². The van der Waals surface area contributed by atoms with E-state index in [0.29, 0.717) is 6.54 Å². The van der Waals surface area contributed by atoms with Gasteiger partial charge in [-0.25, -0.2) is 0 Å². The van der Waals surface area contributed by atoms with Gasteiger partial charge < -0.3 is 10.6 Å². The van der Waals surface area contributed by atoms with E-state index in [1.807, 2.05) is 13.0 Å². The van der Waals surface area contributed by atoms with Gasteiger partial charge in [-0.3, -0.25) is 0 Å². The first-order valence-corrected chi connectivity index (χ1v) is 7.14. The summed E-state index contributed by atoms with van der Waals surface area (Å²) >= 11 is 3.53. The van der Waals surface area contributed by atoms with Gasteiger partial charge in [0.25, 0.3) is 0 Å². The number of hydrogen-bond acceptors (Lipinski definition) is 2. The van der Waals surface area contributed by atoms with Crippen LogP contribution < -0.4 is 10.6 Å². The summed E-state index contributed by atoms with van der Waals surface area (Å²) in [4.78, 5) is 2.28. The zero-order chi connectivity index (χ0) is 13.1. The number of benzene rings is 1. The molecule has 96 valence electrons. The lowest BCUT2D eigenvalue weighted by Gasteiger charge is -2.26. The molecule has 0 spiro atoms. The van der Waals surface area contributed by atoms with Gasteiger partial charge in [0.2, 0.25) is 0 Å². The normalized spacial score (nSPS) is 16.1. The number of anilines is 1. The van der Waals surface area contributed by atoms with Crippen molar-refractivity contribution < 1.29 is 0 Å². The highest BCUT2D eigenvalue weighted by molar-refractivity contribution is 9.10. The first-order valence-electron chi connectivity index (χ1n) is 6.35. The Labute approximate surface area is 118 Å². The fourth-order valence-electron chi connectivity index (χ4n) is 2.15. The topological polar surface area (TPSA) is 29.3 Å². The third-order valence-electron chi connectivity index (χ3n) is 3.28. The molecule has 0 saturated heterocycles. The van der Waals surface area contributed by atoms with E-state index in [2.05, 4.69) is 38.9 Å². The van der Waals surface area contributed by atoms with E-state index in [4.69, 9.17) is 12.2 Å². The number of halogens is 1. The summed E-state index contributed by atoms with van der Waals surface area (Å²) in [6, 6.07) is 6.26. The van der Waals surface area contributed by atoms with Crippen LogP contribution in [-0.4, -0.2) is 13.1 Å². The molecule has 1 saturated carbocycles. The van der Waals surface area contributed by atoms with Crippen molar-refractivity contribution in [1.29, 1.82) is 0 Å². The predicted octanol–water partition coefficient (Wildman–Crippen LogP) is 3.32. The second-order valence-corrected chi connectivity index (χ2v) is 5.94. The minimum atomic E-state index is 0.0209. The molecular weight excluding hydrogens is 288 g/mol. The third kappa shape index (κ3) is 3.28. The molecule has 18 heavy (non-hydrogen) atoms. The Morgan fingerprint density at radius 2 is 2.28 bits per heavy atom. The quantitative estimate of drug-likeness (QED) is 0.846. The fraction of sp³-hybridized carbons (Fsp3) is 0.467. The molecule has 0 amide bonds. The maximum Gasteiger partial charge on any atom is 0.0791 e. The molecule has 1 aromatic rings. The maximum atomic E-state index is 6.05. The van der Waals surface area contributed by atoms with E-state index in [1.54, 1.807) is 0 Å². The van der Waals surface area contributed by atoms with Gasteiger partial charge in [-0.2, -0.15) is 0 Å². The Balaban J connectivity index is 2.31. The Hall–Kier alpha value is -0.980. The van der Waals surface area contributed by atoms with Gasteiger partial charge in [0.05, 0.1) is 6.54 Å². The maximum absolute atomic E-state index is 6.05. The number of hydrogen-bond donors (Lipinski definition) is 1. The van der Waals surface area contributed by atoms with Gasteiger partial charge >= 0.3 is 0 Å². The van der Waals surface area contributed by atoms with E-state index < -0.39 is 0 Å². The van der Waals surface area contributed by atoms with Crippen LogP contribution in [-0.2, 0) is 0 Å². The van der Waals surface area contributed by atoms with Crippen LogP contribution in [0.1, 0.15) is 31.4 Å². The van der Waals surface area contributed by atoms with Crippen molar-refractivity contribution in [3.63, 3.8) is 0 Å². The third-order valence-corrected chi connectivity index (χ3v) is 3.77. The molecule has 0 aromatic heterocycles. The molecule has 0 radical (unpaired) electrons. The Bertz CT molecular complexity index is 458. The average molecular weight is 307 g/mol. The first-order chi connectivity index (χ1) is 8.61. The number of rotatable bonds is 5. The van der Waals surface area contributed by atoms with Crippen molar-refractivity contribution in [3.8, 4) is 12.3 Å². The number of nitrogens with zero attached hydrogens (tertiary/aromatic N) is 1. The van der Waals surface area contributed by atoms with Crippen molar-refractivity contribution in [2.24, 2.45) is 11.7 Å². The lowest BCUT2D eigenvalue weighted by atomic mass is 10.1. The molecule has 2 nitrogen and oxygen atoms in total. The van der Waals surface area contributed by atoms with Crippen LogP contribution in [0.15, 0.2) is 22.7 Å². The smallest absolute Gasteiger partial charge is 0.0791 e. The van der Waals surface area contributed by atoms with Crippen LogP contribution in [0.25, 0.3) is 0 Å². The molecule has 1 aliphatic carbocycles. The van der Waals surface area contributed by atoms with E-state index in [1.165, 1.54) is 18.5 Å². The minimum Gasteiger partial charge on any atom is -0.360 e. The van der Waals surface area contributed by atoms with Crippen LogP contribution in [0.4, 0.5) is 5.69 Å². The van der Waals surface area contributed by atoms with Gasteiger partial charge in [-0.05, 0) is 43.4 Å². The lowest BCUT2D eigenvalue weighted by molar-refractivity contribution is 0.745. The Kier molecular flexibility index (Phi) is 4.31. The van der Waals surface area contributed by atoms with Gasteiger partial charge in [0.1, 0.15) is 0 Å². The minimum absolute atomic E-state index is 0.0209. The molecular formula is C15H19BrN2. The molecule has 0 heterocycles. The molecule has 3 heteroatoms. The summed E-state index contributed by atoms with van der Waals surface area (Å²) in [5.41, 5.74) is 8.38. The second kappa shape index (κ2) is 5.77. The zero-order valence-corrected chi connectivity index (χ0v) is 12.3. The largest absolute Gasteiger partial charge is 0.360 e. The number of terminal acetylenes is 1. The Morgan fingerprint density at radius 1 is 1.56 bits per heavy atom. The molecule has 0 bridgehead atoms. The lowest BCUT2D eigenvalue weighted by Crippen LogP contribution is -2.28. The summed E-state index contributed by atoms with van der Waals surface area (Å²) in [7, 11) is 0. The highest BCUT2D eigenvalue weighted by Crippen LogP contribution is 2.34. The Morgan fingerprint density at radius 3 is 2.83 bits per heavy atom. The van der Waals surface area contributed by atoms with Gasteiger partial charge in [0, 0.05) is 22.7 Å². The van der Waals surface area contributed by atoms with Crippen molar-refractivity contribution >= 4 is 21.6 Å². The highest BCUT2D eigenvalue weighted by atomic mass is 79.9.